The maximum atomic E-state index is 3.83. The zero-order valence-corrected chi connectivity index (χ0v) is 14.3. The molecule has 2 fully saturated rings. The van der Waals surface area contributed by atoms with Crippen molar-refractivity contribution >= 4 is 0 Å². The Balaban J connectivity index is 1.51. The minimum absolute atomic E-state index is 0.816. The van der Waals surface area contributed by atoms with Crippen molar-refractivity contribution < 1.29 is 0 Å². The molecule has 0 amide bonds. The van der Waals surface area contributed by atoms with Crippen LogP contribution in [0, 0.1) is 17.8 Å². The largest absolute Gasteiger partial charge is 0.103 e. The maximum Gasteiger partial charge on any atom is -0.0100 e. The van der Waals surface area contributed by atoms with Gasteiger partial charge in [-0.25, -0.2) is 0 Å². The van der Waals surface area contributed by atoms with Crippen LogP contribution in [0.2, 0.25) is 0 Å². The van der Waals surface area contributed by atoms with Gasteiger partial charge in [0, 0.05) is 0 Å². The van der Waals surface area contributed by atoms with Crippen molar-refractivity contribution in [2.45, 2.75) is 70.6 Å². The van der Waals surface area contributed by atoms with Crippen LogP contribution in [0.4, 0.5) is 0 Å². The lowest BCUT2D eigenvalue weighted by molar-refractivity contribution is 0.165. The minimum Gasteiger partial charge on any atom is -0.103 e. The Kier molecular flexibility index (Phi) is 5.39. The predicted molar refractivity (Wildman–Crippen MR) is 96.2 cm³/mol. The van der Waals surface area contributed by atoms with Gasteiger partial charge in [-0.3, -0.25) is 0 Å². The highest BCUT2D eigenvalue weighted by atomic mass is 14.4. The van der Waals surface area contributed by atoms with Gasteiger partial charge in [0.15, 0.2) is 0 Å². The Labute approximate surface area is 137 Å². The molecule has 0 saturated heterocycles. The fraction of sp³-hybridized carbons (Fsp3) is 0.636. The summed E-state index contributed by atoms with van der Waals surface area (Å²) in [5.41, 5.74) is 2.97. The van der Waals surface area contributed by atoms with Crippen molar-refractivity contribution in [1.82, 2.24) is 0 Å². The van der Waals surface area contributed by atoms with Crippen molar-refractivity contribution in [3.63, 3.8) is 0 Å². The number of hydrogen-bond acceptors (Lipinski definition) is 0. The first kappa shape index (κ1) is 15.8. The van der Waals surface area contributed by atoms with E-state index < -0.39 is 0 Å². The summed E-state index contributed by atoms with van der Waals surface area (Å²) in [7, 11) is 0. The molecule has 0 unspecified atom stereocenters. The summed E-state index contributed by atoms with van der Waals surface area (Å²) in [6, 6.07) is 9.33. The third-order valence-electron chi connectivity index (χ3n) is 6.33. The first-order chi connectivity index (χ1) is 10.8. The Morgan fingerprint density at radius 1 is 0.864 bits per heavy atom. The molecule has 0 bridgehead atoms. The lowest BCUT2D eigenvalue weighted by Crippen LogP contribution is -2.24. The molecule has 0 heteroatoms. The third kappa shape index (κ3) is 3.83. The minimum atomic E-state index is 0.816. The van der Waals surface area contributed by atoms with E-state index in [1.165, 1.54) is 56.9 Å². The van der Waals surface area contributed by atoms with Crippen LogP contribution in [0.25, 0.3) is 0 Å². The lowest BCUT2D eigenvalue weighted by Gasteiger charge is -2.37. The topological polar surface area (TPSA) is 0 Å². The summed E-state index contributed by atoms with van der Waals surface area (Å²) in [6.07, 6.45) is 14.7. The Morgan fingerprint density at radius 3 is 1.95 bits per heavy atom. The van der Waals surface area contributed by atoms with Crippen molar-refractivity contribution in [3.8, 4) is 0 Å². The first-order valence-electron chi connectivity index (χ1n) is 9.46. The van der Waals surface area contributed by atoms with Crippen molar-refractivity contribution in [2.75, 3.05) is 0 Å². The number of rotatable bonds is 4. The van der Waals surface area contributed by atoms with Gasteiger partial charge in [0.05, 0.1) is 0 Å². The summed E-state index contributed by atoms with van der Waals surface area (Å²) >= 11 is 0. The molecule has 0 spiro atoms. The van der Waals surface area contributed by atoms with Crippen molar-refractivity contribution in [3.05, 3.63) is 48.0 Å². The molecule has 0 atom stereocenters. The van der Waals surface area contributed by atoms with Gasteiger partial charge in [0.25, 0.3) is 0 Å². The standard InChI is InChI=1S/C22H32/c1-3-4-18-7-11-20(12-8-18)22-15-13-21(14-16-22)19-9-5-17(2)6-10-19/h3,7-8,11-12,17,19,21-22H,1,4-6,9-10,13-16H2,2H3. The molecule has 0 aromatic heterocycles. The number of benzene rings is 1. The summed E-state index contributed by atoms with van der Waals surface area (Å²) in [5, 5.41) is 0. The Morgan fingerprint density at radius 2 is 1.41 bits per heavy atom. The summed E-state index contributed by atoms with van der Waals surface area (Å²) in [6.45, 7) is 6.26. The molecule has 2 aliphatic rings. The zero-order chi connectivity index (χ0) is 15.4. The van der Waals surface area contributed by atoms with E-state index in [1.807, 2.05) is 6.08 Å². The second-order valence-electron chi connectivity index (χ2n) is 7.87. The lowest BCUT2D eigenvalue weighted by atomic mass is 9.68. The fourth-order valence-corrected chi connectivity index (χ4v) is 4.77. The molecule has 120 valence electrons. The van der Waals surface area contributed by atoms with E-state index in [2.05, 4.69) is 37.8 Å². The van der Waals surface area contributed by atoms with Crippen LogP contribution in [-0.4, -0.2) is 0 Å². The van der Waals surface area contributed by atoms with Gasteiger partial charge in [-0.15, -0.1) is 6.58 Å². The van der Waals surface area contributed by atoms with Crippen molar-refractivity contribution in [2.24, 2.45) is 17.8 Å². The molecule has 3 rings (SSSR count). The van der Waals surface area contributed by atoms with E-state index in [0.29, 0.717) is 0 Å². The summed E-state index contributed by atoms with van der Waals surface area (Å²) < 4.78 is 0. The average molecular weight is 296 g/mol. The molecule has 1 aromatic carbocycles. The molecule has 0 heterocycles. The molecule has 0 aliphatic heterocycles. The molecule has 22 heavy (non-hydrogen) atoms. The third-order valence-corrected chi connectivity index (χ3v) is 6.33. The van der Waals surface area contributed by atoms with Crippen LogP contribution in [0.15, 0.2) is 36.9 Å². The molecule has 2 saturated carbocycles. The van der Waals surface area contributed by atoms with Crippen LogP contribution in [-0.2, 0) is 6.42 Å². The highest BCUT2D eigenvalue weighted by Crippen LogP contribution is 2.43. The fourth-order valence-electron chi connectivity index (χ4n) is 4.77. The van der Waals surface area contributed by atoms with Crippen LogP contribution in [0.5, 0.6) is 0 Å². The SMILES string of the molecule is C=CCc1ccc(C2CCC(C3CCC(C)CC3)CC2)cc1. The number of allylic oxidation sites excluding steroid dienone is 1. The zero-order valence-electron chi connectivity index (χ0n) is 14.3. The number of hydrogen-bond donors (Lipinski definition) is 0. The van der Waals surface area contributed by atoms with Gasteiger partial charge in [-0.2, -0.15) is 0 Å². The first-order valence-corrected chi connectivity index (χ1v) is 9.46. The quantitative estimate of drug-likeness (QED) is 0.555. The van der Waals surface area contributed by atoms with Gasteiger partial charge < -0.3 is 0 Å². The monoisotopic (exact) mass is 296 g/mol. The van der Waals surface area contributed by atoms with Gasteiger partial charge in [-0.1, -0.05) is 50.1 Å². The van der Waals surface area contributed by atoms with Crippen LogP contribution in [0.3, 0.4) is 0 Å². The average Bonchev–Trinajstić information content (AvgIpc) is 2.57. The molecular weight excluding hydrogens is 264 g/mol. The van der Waals surface area contributed by atoms with Gasteiger partial charge >= 0.3 is 0 Å². The Hall–Kier alpha value is -1.04. The second kappa shape index (κ2) is 7.49. The molecule has 2 aliphatic carbocycles. The van der Waals surface area contributed by atoms with E-state index in [-0.39, 0.29) is 0 Å². The molecule has 1 aromatic rings. The van der Waals surface area contributed by atoms with Crippen molar-refractivity contribution in [1.29, 1.82) is 0 Å². The van der Waals surface area contributed by atoms with E-state index in [0.717, 1.165) is 30.1 Å². The highest BCUT2D eigenvalue weighted by molar-refractivity contribution is 5.26. The van der Waals surface area contributed by atoms with Gasteiger partial charge in [-0.05, 0) is 79.7 Å². The predicted octanol–water partition coefficient (Wildman–Crippen LogP) is 6.52. The van der Waals surface area contributed by atoms with Crippen LogP contribution >= 0.6 is 0 Å². The van der Waals surface area contributed by atoms with E-state index in [9.17, 15) is 0 Å². The molecule has 0 N–H and O–H groups in total. The normalized spacial score (nSPS) is 32.6. The molecule has 0 radical (unpaired) electrons. The molecular formula is C22H32. The smallest absolute Gasteiger partial charge is 0.0100 e. The Bertz CT molecular complexity index is 453. The van der Waals surface area contributed by atoms with E-state index >= 15 is 0 Å². The summed E-state index contributed by atoms with van der Waals surface area (Å²) in [5.74, 6) is 3.88. The maximum absolute atomic E-state index is 3.83. The second-order valence-corrected chi connectivity index (χ2v) is 7.87. The highest BCUT2D eigenvalue weighted by Gasteiger charge is 2.30. The van der Waals surface area contributed by atoms with Crippen LogP contribution < -0.4 is 0 Å². The van der Waals surface area contributed by atoms with E-state index in [4.69, 9.17) is 0 Å². The van der Waals surface area contributed by atoms with Gasteiger partial charge in [0.2, 0.25) is 0 Å². The van der Waals surface area contributed by atoms with E-state index in [1.54, 1.807) is 5.56 Å². The summed E-state index contributed by atoms with van der Waals surface area (Å²) in [4.78, 5) is 0. The van der Waals surface area contributed by atoms with Gasteiger partial charge in [0.1, 0.15) is 0 Å². The molecule has 0 nitrogen and oxygen atoms in total. The van der Waals surface area contributed by atoms with Crippen LogP contribution in [0.1, 0.15) is 75.3 Å².